The average Bonchev–Trinajstić information content (AvgIpc) is 2.51. The number of carboxylic acids is 1. The van der Waals surface area contributed by atoms with Gasteiger partial charge in [-0.1, -0.05) is 12.1 Å². The molecule has 1 atom stereocenters. The number of aromatic nitrogens is 2. The Morgan fingerprint density at radius 1 is 1.36 bits per heavy atom. The fourth-order valence-electron chi connectivity index (χ4n) is 2.08. The largest absolute Gasteiger partial charge is 0.481 e. The van der Waals surface area contributed by atoms with E-state index in [1.807, 2.05) is 0 Å². The minimum Gasteiger partial charge on any atom is -0.481 e. The molecule has 0 aliphatic heterocycles. The summed E-state index contributed by atoms with van der Waals surface area (Å²) in [4.78, 5) is 39.0. The van der Waals surface area contributed by atoms with Crippen LogP contribution in [0.4, 0.5) is 0 Å². The number of benzene rings is 1. The van der Waals surface area contributed by atoms with Crippen molar-refractivity contribution in [2.75, 3.05) is 6.54 Å². The summed E-state index contributed by atoms with van der Waals surface area (Å²) in [5.74, 6) is -1.25. The highest BCUT2D eigenvalue weighted by molar-refractivity contribution is 5.81. The van der Waals surface area contributed by atoms with E-state index in [9.17, 15) is 14.4 Å². The van der Waals surface area contributed by atoms with Crippen LogP contribution in [0.3, 0.4) is 0 Å². The summed E-state index contributed by atoms with van der Waals surface area (Å²) in [5, 5.41) is 11.6. The Morgan fingerprint density at radius 2 is 2.09 bits per heavy atom. The van der Waals surface area contributed by atoms with Crippen LogP contribution in [0, 0.1) is 0 Å². The van der Waals surface area contributed by atoms with E-state index in [0.29, 0.717) is 17.3 Å². The molecule has 1 heterocycles. The molecule has 7 heteroatoms. The number of hydrogen-bond donors (Lipinski definition) is 2. The Balaban J connectivity index is 2.10. The van der Waals surface area contributed by atoms with E-state index in [1.165, 1.54) is 10.9 Å². The van der Waals surface area contributed by atoms with Gasteiger partial charge < -0.3 is 10.4 Å². The molecule has 2 N–H and O–H groups in total. The predicted molar refractivity (Wildman–Crippen MR) is 80.6 cm³/mol. The van der Waals surface area contributed by atoms with Crippen molar-refractivity contribution in [2.24, 2.45) is 0 Å². The van der Waals surface area contributed by atoms with Crippen molar-refractivity contribution < 1.29 is 14.7 Å². The molecule has 2 aromatic rings. The van der Waals surface area contributed by atoms with Crippen LogP contribution in [0.5, 0.6) is 0 Å². The molecule has 1 unspecified atom stereocenters. The number of carboxylic acid groups (broad SMARTS) is 1. The lowest BCUT2D eigenvalue weighted by Crippen LogP contribution is -2.36. The van der Waals surface area contributed by atoms with Crippen molar-refractivity contribution in [1.29, 1.82) is 0 Å². The Kier molecular flexibility index (Phi) is 4.88. The molecule has 116 valence electrons. The summed E-state index contributed by atoms with van der Waals surface area (Å²) in [6.07, 6.45) is 1.69. The van der Waals surface area contributed by atoms with E-state index >= 15 is 0 Å². The predicted octanol–water partition coefficient (Wildman–Crippen LogP) is 0.938. The number of hydrogen-bond acceptors (Lipinski definition) is 4. The smallest absolute Gasteiger partial charge is 0.303 e. The molecule has 0 fully saturated rings. The van der Waals surface area contributed by atoms with Crippen LogP contribution < -0.4 is 10.9 Å². The number of aliphatic carboxylic acids is 1. The van der Waals surface area contributed by atoms with Crippen LogP contribution in [0.15, 0.2) is 35.4 Å². The van der Waals surface area contributed by atoms with Gasteiger partial charge in [0.2, 0.25) is 5.91 Å². The van der Waals surface area contributed by atoms with Gasteiger partial charge in [0, 0.05) is 13.0 Å². The fraction of sp³-hybridized carbons (Fsp3) is 0.333. The molecule has 0 bridgehead atoms. The highest BCUT2D eigenvalue weighted by atomic mass is 16.4. The molecule has 0 spiro atoms. The second-order valence-electron chi connectivity index (χ2n) is 4.94. The van der Waals surface area contributed by atoms with Crippen molar-refractivity contribution in [1.82, 2.24) is 14.9 Å². The number of fused-ring (bicyclic) bond motifs is 1. The molecular weight excluding hydrogens is 286 g/mol. The zero-order valence-corrected chi connectivity index (χ0v) is 12.2. The van der Waals surface area contributed by atoms with E-state index in [4.69, 9.17) is 5.11 Å². The van der Waals surface area contributed by atoms with E-state index < -0.39 is 12.0 Å². The summed E-state index contributed by atoms with van der Waals surface area (Å²) >= 11 is 0. The van der Waals surface area contributed by atoms with Crippen molar-refractivity contribution in [3.63, 3.8) is 0 Å². The second-order valence-corrected chi connectivity index (χ2v) is 4.94. The van der Waals surface area contributed by atoms with Gasteiger partial charge in [0.1, 0.15) is 6.04 Å². The lowest BCUT2D eigenvalue weighted by molar-refractivity contribution is -0.137. The normalized spacial score (nSPS) is 12.0. The van der Waals surface area contributed by atoms with Gasteiger partial charge in [0.25, 0.3) is 5.56 Å². The van der Waals surface area contributed by atoms with Crippen LogP contribution in [0.1, 0.15) is 25.8 Å². The van der Waals surface area contributed by atoms with Gasteiger partial charge in [-0.25, -0.2) is 4.98 Å². The number of carbonyl (C=O) groups excluding carboxylic acids is 1. The van der Waals surface area contributed by atoms with Crippen molar-refractivity contribution in [2.45, 2.75) is 25.8 Å². The topological polar surface area (TPSA) is 101 Å². The number of rotatable bonds is 6. The zero-order valence-electron chi connectivity index (χ0n) is 12.2. The molecule has 1 aromatic heterocycles. The highest BCUT2D eigenvalue weighted by Gasteiger charge is 2.17. The molecule has 1 aromatic carbocycles. The first kappa shape index (κ1) is 15.7. The minimum absolute atomic E-state index is 0.00780. The van der Waals surface area contributed by atoms with Gasteiger partial charge in [-0.3, -0.25) is 19.0 Å². The molecule has 0 saturated heterocycles. The summed E-state index contributed by atoms with van der Waals surface area (Å²) in [5.41, 5.74) is 0.302. The van der Waals surface area contributed by atoms with Crippen LogP contribution in [0.25, 0.3) is 10.9 Å². The minimum atomic E-state index is -0.905. The molecule has 0 radical (unpaired) electrons. The Morgan fingerprint density at radius 3 is 2.82 bits per heavy atom. The number of nitrogens with one attached hydrogen (secondary N) is 1. The van der Waals surface area contributed by atoms with Gasteiger partial charge >= 0.3 is 5.97 Å². The molecule has 22 heavy (non-hydrogen) atoms. The van der Waals surface area contributed by atoms with Gasteiger partial charge in [-0.15, -0.1) is 0 Å². The van der Waals surface area contributed by atoms with E-state index in [2.05, 4.69) is 10.3 Å². The van der Waals surface area contributed by atoms with Gasteiger partial charge in [-0.2, -0.15) is 0 Å². The second kappa shape index (κ2) is 6.84. The Bertz CT molecular complexity index is 754. The first-order valence-corrected chi connectivity index (χ1v) is 6.96. The summed E-state index contributed by atoms with van der Waals surface area (Å²) in [7, 11) is 0. The highest BCUT2D eigenvalue weighted by Crippen LogP contribution is 2.08. The first-order valence-electron chi connectivity index (χ1n) is 6.96. The van der Waals surface area contributed by atoms with E-state index in [0.717, 1.165) is 0 Å². The maximum absolute atomic E-state index is 12.4. The van der Waals surface area contributed by atoms with Crippen LogP contribution in [-0.4, -0.2) is 33.1 Å². The maximum Gasteiger partial charge on any atom is 0.303 e. The Labute approximate surface area is 126 Å². The summed E-state index contributed by atoms with van der Waals surface area (Å²) < 4.78 is 1.27. The molecule has 2 rings (SSSR count). The third-order valence-electron chi connectivity index (χ3n) is 3.35. The third kappa shape index (κ3) is 3.49. The maximum atomic E-state index is 12.4. The first-order chi connectivity index (χ1) is 10.5. The Hall–Kier alpha value is -2.70. The molecule has 0 aliphatic rings. The summed E-state index contributed by atoms with van der Waals surface area (Å²) in [6.45, 7) is 1.86. The molecule has 7 nitrogen and oxygen atoms in total. The third-order valence-corrected chi connectivity index (χ3v) is 3.35. The van der Waals surface area contributed by atoms with Crippen LogP contribution in [0.2, 0.25) is 0 Å². The van der Waals surface area contributed by atoms with Crippen LogP contribution >= 0.6 is 0 Å². The summed E-state index contributed by atoms with van der Waals surface area (Å²) in [6, 6.07) is 6.22. The molecule has 0 saturated carbocycles. The number of amides is 1. The molecule has 0 aliphatic carbocycles. The van der Waals surface area contributed by atoms with E-state index in [1.54, 1.807) is 31.2 Å². The molecule has 1 amide bonds. The number of carbonyl (C=O) groups is 2. The van der Waals surface area contributed by atoms with Crippen molar-refractivity contribution in [3.05, 3.63) is 40.9 Å². The fourth-order valence-corrected chi connectivity index (χ4v) is 2.08. The lowest BCUT2D eigenvalue weighted by atomic mass is 10.2. The van der Waals surface area contributed by atoms with Gasteiger partial charge in [0.15, 0.2) is 0 Å². The van der Waals surface area contributed by atoms with Crippen molar-refractivity contribution in [3.8, 4) is 0 Å². The number of para-hydroxylation sites is 1. The standard InChI is InChI=1S/C15H17N3O4/c1-10(14(21)16-8-4-7-13(19)20)18-9-17-12-6-3-2-5-11(12)15(18)22/h2-3,5-6,9-10H,4,7-8H2,1H3,(H,16,21)(H,19,20). The van der Waals surface area contributed by atoms with Gasteiger partial charge in [0.05, 0.1) is 17.2 Å². The van der Waals surface area contributed by atoms with Gasteiger partial charge in [-0.05, 0) is 25.5 Å². The molecular formula is C15H17N3O4. The van der Waals surface area contributed by atoms with Crippen LogP contribution in [-0.2, 0) is 9.59 Å². The van der Waals surface area contributed by atoms with E-state index in [-0.39, 0.29) is 24.4 Å². The number of nitrogens with zero attached hydrogens (tertiary/aromatic N) is 2. The quantitative estimate of drug-likeness (QED) is 0.773. The monoisotopic (exact) mass is 303 g/mol. The lowest BCUT2D eigenvalue weighted by Gasteiger charge is -2.15. The average molecular weight is 303 g/mol. The van der Waals surface area contributed by atoms with Crippen molar-refractivity contribution >= 4 is 22.8 Å². The zero-order chi connectivity index (χ0) is 16.1. The SMILES string of the molecule is CC(C(=O)NCCCC(=O)O)n1cnc2ccccc2c1=O.